The van der Waals surface area contributed by atoms with E-state index in [0.29, 0.717) is 12.2 Å². The molecular weight excluding hydrogens is 376 g/mol. The van der Waals surface area contributed by atoms with Gasteiger partial charge in [-0.15, -0.1) is 0 Å². The summed E-state index contributed by atoms with van der Waals surface area (Å²) in [7, 11) is 0. The Morgan fingerprint density at radius 1 is 0.900 bits per heavy atom. The topological polar surface area (TPSA) is 55.8 Å². The van der Waals surface area contributed by atoms with Gasteiger partial charge in [0, 0.05) is 5.56 Å². The van der Waals surface area contributed by atoms with E-state index in [2.05, 4.69) is 0 Å². The van der Waals surface area contributed by atoms with Gasteiger partial charge < -0.3 is 14.6 Å². The first-order chi connectivity index (χ1) is 14.5. The molecular formula is C26H26O4. The first kappa shape index (κ1) is 21.2. The maximum absolute atomic E-state index is 11.6. The Kier molecular flexibility index (Phi) is 6.91. The molecule has 0 bridgehead atoms. The average molecular weight is 402 g/mol. The Morgan fingerprint density at radius 2 is 1.50 bits per heavy atom. The lowest BCUT2D eigenvalue weighted by Crippen LogP contribution is -2.06. The van der Waals surface area contributed by atoms with Gasteiger partial charge in [0.15, 0.2) is 0 Å². The molecule has 3 rings (SSSR count). The van der Waals surface area contributed by atoms with Gasteiger partial charge in [0.25, 0.3) is 0 Å². The van der Waals surface area contributed by atoms with E-state index in [0.717, 1.165) is 33.8 Å². The summed E-state index contributed by atoms with van der Waals surface area (Å²) < 4.78 is 12.2. The molecule has 4 nitrogen and oxygen atoms in total. The molecule has 0 aliphatic carbocycles. The second-order valence-electron chi connectivity index (χ2n) is 7.11. The third-order valence-corrected chi connectivity index (χ3v) is 4.90. The van der Waals surface area contributed by atoms with E-state index in [1.165, 1.54) is 0 Å². The number of hydrogen-bond donors (Lipinski definition) is 1. The Morgan fingerprint density at radius 3 is 2.13 bits per heavy atom. The van der Waals surface area contributed by atoms with Crippen molar-refractivity contribution >= 4 is 11.5 Å². The lowest BCUT2D eigenvalue weighted by molar-refractivity contribution is -0.130. The molecule has 0 fully saturated rings. The first-order valence-electron chi connectivity index (χ1n) is 9.88. The fraction of sp³-hybridized carbons (Fsp3) is 0.192. The molecule has 0 saturated carbocycles. The highest BCUT2D eigenvalue weighted by atomic mass is 16.5. The van der Waals surface area contributed by atoms with Crippen molar-refractivity contribution in [3.63, 3.8) is 0 Å². The second-order valence-corrected chi connectivity index (χ2v) is 7.11. The van der Waals surface area contributed by atoms with Crippen molar-refractivity contribution < 1.29 is 19.4 Å². The lowest BCUT2D eigenvalue weighted by Gasteiger charge is -2.16. The molecule has 0 aliphatic heterocycles. The van der Waals surface area contributed by atoms with E-state index in [9.17, 15) is 9.90 Å². The molecule has 0 spiro atoms. The molecule has 30 heavy (non-hydrogen) atoms. The predicted octanol–water partition coefficient (Wildman–Crippen LogP) is 5.95. The Balaban J connectivity index is 1.80. The minimum atomic E-state index is -0.951. The van der Waals surface area contributed by atoms with Crippen LogP contribution in [0.4, 0.5) is 0 Å². The minimum Gasteiger partial charge on any atom is -0.488 e. The normalized spacial score (nSPS) is 11.2. The van der Waals surface area contributed by atoms with Gasteiger partial charge in [-0.3, -0.25) is 0 Å². The number of aryl methyl sites for hydroxylation is 1. The highest BCUT2D eigenvalue weighted by Crippen LogP contribution is 2.31. The van der Waals surface area contributed by atoms with Crippen molar-refractivity contribution in [3.8, 4) is 11.5 Å². The molecule has 0 radical (unpaired) electrons. The van der Waals surface area contributed by atoms with Crippen LogP contribution < -0.4 is 9.47 Å². The summed E-state index contributed by atoms with van der Waals surface area (Å²) in [5.74, 6) is 0.556. The van der Waals surface area contributed by atoms with Crippen molar-refractivity contribution in [1.82, 2.24) is 0 Å². The minimum absolute atomic E-state index is 0.266. The van der Waals surface area contributed by atoms with Gasteiger partial charge in [-0.1, -0.05) is 60.7 Å². The van der Waals surface area contributed by atoms with Crippen LogP contribution in [0.1, 0.15) is 34.7 Å². The molecule has 3 aromatic carbocycles. The summed E-state index contributed by atoms with van der Waals surface area (Å²) in [4.78, 5) is 11.6. The molecule has 0 aromatic heterocycles. The molecule has 154 valence electrons. The maximum Gasteiger partial charge on any atom is 0.335 e. The van der Waals surface area contributed by atoms with Crippen LogP contribution in [0.2, 0.25) is 0 Å². The van der Waals surface area contributed by atoms with Gasteiger partial charge >= 0.3 is 5.97 Å². The predicted molar refractivity (Wildman–Crippen MR) is 119 cm³/mol. The largest absolute Gasteiger partial charge is 0.488 e. The fourth-order valence-corrected chi connectivity index (χ4v) is 3.29. The number of carboxylic acids is 1. The summed E-state index contributed by atoms with van der Waals surface area (Å²) in [5, 5.41) is 9.48. The third kappa shape index (κ3) is 5.09. The van der Waals surface area contributed by atoms with Crippen LogP contribution in [0.25, 0.3) is 5.57 Å². The van der Waals surface area contributed by atoms with Crippen LogP contribution in [0.3, 0.4) is 0 Å². The molecule has 3 aromatic rings. The number of allylic oxidation sites excluding steroid dienone is 1. The fourth-order valence-electron chi connectivity index (χ4n) is 3.29. The zero-order valence-electron chi connectivity index (χ0n) is 17.5. The van der Waals surface area contributed by atoms with E-state index in [4.69, 9.17) is 9.47 Å². The first-order valence-corrected chi connectivity index (χ1v) is 9.88. The number of ether oxygens (including phenoxy) is 2. The smallest absolute Gasteiger partial charge is 0.335 e. The molecule has 1 N–H and O–H groups in total. The van der Waals surface area contributed by atoms with E-state index >= 15 is 0 Å². The Hall–Kier alpha value is -3.53. The summed E-state index contributed by atoms with van der Waals surface area (Å²) in [6.07, 6.45) is 1.61. The number of carbonyl (C=O) groups is 1. The summed E-state index contributed by atoms with van der Waals surface area (Å²) in [6, 6.07) is 21.4. The molecule has 0 unspecified atom stereocenters. The Bertz CT molecular complexity index is 1050. The van der Waals surface area contributed by atoms with Gasteiger partial charge in [0.2, 0.25) is 0 Å². The van der Waals surface area contributed by atoms with Gasteiger partial charge in [0.1, 0.15) is 24.7 Å². The zero-order chi connectivity index (χ0) is 21.5. The SMILES string of the molecule is CC=C(C(=O)O)c1ccccc1COc1cc(C)cc(OCc2ccccc2)c1C. The van der Waals surface area contributed by atoms with E-state index in [1.807, 2.05) is 74.5 Å². The molecule has 4 heteroatoms. The van der Waals surface area contributed by atoms with Crippen LogP contribution >= 0.6 is 0 Å². The molecule has 0 atom stereocenters. The van der Waals surface area contributed by atoms with Crippen molar-refractivity contribution in [1.29, 1.82) is 0 Å². The second kappa shape index (κ2) is 9.79. The van der Waals surface area contributed by atoms with Crippen molar-refractivity contribution in [2.45, 2.75) is 34.0 Å². The van der Waals surface area contributed by atoms with Crippen molar-refractivity contribution in [3.05, 3.63) is 101 Å². The van der Waals surface area contributed by atoms with E-state index in [1.54, 1.807) is 19.1 Å². The zero-order valence-corrected chi connectivity index (χ0v) is 17.5. The lowest BCUT2D eigenvalue weighted by atomic mass is 10.00. The number of aliphatic carboxylic acids is 1. The van der Waals surface area contributed by atoms with Gasteiger partial charge in [-0.25, -0.2) is 4.79 Å². The van der Waals surface area contributed by atoms with Gasteiger partial charge in [-0.05, 0) is 55.2 Å². The third-order valence-electron chi connectivity index (χ3n) is 4.90. The average Bonchev–Trinajstić information content (AvgIpc) is 2.75. The number of hydrogen-bond acceptors (Lipinski definition) is 3. The number of benzene rings is 3. The number of carboxylic acid groups (broad SMARTS) is 1. The standard InChI is InChI=1S/C26H26O4/c1-4-22(26(27)28)23-13-9-8-12-21(23)17-30-25-15-18(2)14-24(19(25)3)29-16-20-10-6-5-7-11-20/h4-15H,16-17H2,1-3H3,(H,27,28). The highest BCUT2D eigenvalue weighted by molar-refractivity contribution is 6.15. The van der Waals surface area contributed by atoms with Crippen LogP contribution in [-0.2, 0) is 18.0 Å². The van der Waals surface area contributed by atoms with Crippen LogP contribution in [0.15, 0.2) is 72.8 Å². The van der Waals surface area contributed by atoms with Gasteiger partial charge in [-0.2, -0.15) is 0 Å². The quantitative estimate of drug-likeness (QED) is 0.473. The monoisotopic (exact) mass is 402 g/mol. The summed E-state index contributed by atoms with van der Waals surface area (Å²) in [5.41, 5.74) is 4.80. The van der Waals surface area contributed by atoms with E-state index in [-0.39, 0.29) is 12.2 Å². The highest BCUT2D eigenvalue weighted by Gasteiger charge is 2.15. The molecule has 0 saturated heterocycles. The van der Waals surface area contributed by atoms with Crippen LogP contribution in [0.5, 0.6) is 11.5 Å². The molecule has 0 amide bonds. The number of rotatable bonds is 8. The summed E-state index contributed by atoms with van der Waals surface area (Å²) >= 11 is 0. The maximum atomic E-state index is 11.6. The van der Waals surface area contributed by atoms with E-state index < -0.39 is 5.97 Å². The van der Waals surface area contributed by atoms with Crippen LogP contribution in [-0.4, -0.2) is 11.1 Å². The van der Waals surface area contributed by atoms with Gasteiger partial charge in [0.05, 0.1) is 5.57 Å². The van der Waals surface area contributed by atoms with Crippen molar-refractivity contribution in [2.24, 2.45) is 0 Å². The summed E-state index contributed by atoms with van der Waals surface area (Å²) in [6.45, 7) is 6.44. The molecule has 0 aliphatic rings. The Labute approximate surface area is 177 Å². The van der Waals surface area contributed by atoms with Crippen LogP contribution in [0, 0.1) is 13.8 Å². The van der Waals surface area contributed by atoms with Crippen molar-refractivity contribution in [2.75, 3.05) is 0 Å². The molecule has 0 heterocycles.